The van der Waals surface area contributed by atoms with Crippen molar-refractivity contribution in [2.24, 2.45) is 0 Å². The topological polar surface area (TPSA) is 84.3 Å². The highest BCUT2D eigenvalue weighted by Crippen LogP contribution is 2.24. The highest BCUT2D eigenvalue weighted by atomic mass is 35.5. The van der Waals surface area contributed by atoms with Gasteiger partial charge in [-0.05, 0) is 26.1 Å². The lowest BCUT2D eigenvalue weighted by Gasteiger charge is -2.07. The number of benzene rings is 1. The number of amides is 1. The van der Waals surface area contributed by atoms with Gasteiger partial charge in [-0.25, -0.2) is 4.39 Å². The number of nitro groups is 1. The summed E-state index contributed by atoms with van der Waals surface area (Å²) in [5.74, 6) is -1.32. The first-order valence-corrected chi connectivity index (χ1v) is 5.34. The molecule has 0 aliphatic heterocycles. The third-order valence-corrected chi connectivity index (χ3v) is 2.35. The maximum Gasteiger partial charge on any atom is 0.285 e. The Balaban J connectivity index is 0.00000324. The molecule has 8 heteroatoms. The molecule has 0 radical (unpaired) electrons. The highest BCUT2D eigenvalue weighted by molar-refractivity contribution is 5.98. The maximum atomic E-state index is 13.2. The van der Waals surface area contributed by atoms with E-state index in [1.165, 1.54) is 6.92 Å². The molecule has 106 valence electrons. The maximum absolute atomic E-state index is 13.2. The number of rotatable bonds is 5. The van der Waals surface area contributed by atoms with Crippen molar-refractivity contribution >= 4 is 24.0 Å². The van der Waals surface area contributed by atoms with Crippen molar-refractivity contribution in [3.8, 4) is 0 Å². The summed E-state index contributed by atoms with van der Waals surface area (Å²) in [6.45, 7) is 2.22. The van der Waals surface area contributed by atoms with Crippen molar-refractivity contribution < 1.29 is 14.1 Å². The van der Waals surface area contributed by atoms with Crippen LogP contribution in [0, 0.1) is 22.9 Å². The van der Waals surface area contributed by atoms with E-state index < -0.39 is 16.6 Å². The molecule has 0 unspecified atom stereocenters. The number of carbonyl (C=O) groups excluding carboxylic acids is 1. The SMILES string of the molecule is CNCCNC(=O)c1cc(F)cc(C)c1[N+](=O)[O-].Cl. The summed E-state index contributed by atoms with van der Waals surface area (Å²) in [4.78, 5) is 21.9. The van der Waals surface area contributed by atoms with Crippen LogP contribution in [-0.2, 0) is 0 Å². The van der Waals surface area contributed by atoms with E-state index in [1.807, 2.05) is 0 Å². The fourth-order valence-electron chi connectivity index (χ4n) is 1.55. The van der Waals surface area contributed by atoms with Gasteiger partial charge >= 0.3 is 0 Å². The molecule has 0 aliphatic rings. The van der Waals surface area contributed by atoms with Crippen LogP contribution in [0.4, 0.5) is 10.1 Å². The van der Waals surface area contributed by atoms with Gasteiger partial charge in [0.1, 0.15) is 11.4 Å². The average Bonchev–Trinajstić information content (AvgIpc) is 2.27. The van der Waals surface area contributed by atoms with E-state index in [0.29, 0.717) is 13.1 Å². The summed E-state index contributed by atoms with van der Waals surface area (Å²) in [6, 6.07) is 1.91. The third kappa shape index (κ3) is 4.46. The lowest BCUT2D eigenvalue weighted by atomic mass is 10.1. The summed E-state index contributed by atoms with van der Waals surface area (Å²) in [6.07, 6.45) is 0. The molecule has 0 aromatic heterocycles. The van der Waals surface area contributed by atoms with E-state index in [4.69, 9.17) is 0 Å². The van der Waals surface area contributed by atoms with Crippen LogP contribution >= 0.6 is 12.4 Å². The van der Waals surface area contributed by atoms with Gasteiger partial charge in [0.25, 0.3) is 11.6 Å². The number of hydrogen-bond acceptors (Lipinski definition) is 4. The molecule has 0 saturated carbocycles. The Hall–Kier alpha value is -1.73. The lowest BCUT2D eigenvalue weighted by Crippen LogP contribution is -2.31. The van der Waals surface area contributed by atoms with Gasteiger partial charge in [0.2, 0.25) is 0 Å². The number of carbonyl (C=O) groups is 1. The summed E-state index contributed by atoms with van der Waals surface area (Å²) < 4.78 is 13.2. The first-order valence-electron chi connectivity index (χ1n) is 5.34. The first-order chi connectivity index (χ1) is 8.47. The van der Waals surface area contributed by atoms with E-state index in [9.17, 15) is 19.3 Å². The minimum Gasteiger partial charge on any atom is -0.351 e. The van der Waals surface area contributed by atoms with Crippen LogP contribution in [0.15, 0.2) is 12.1 Å². The second kappa shape index (κ2) is 7.65. The van der Waals surface area contributed by atoms with Crippen LogP contribution in [0.5, 0.6) is 0 Å². The van der Waals surface area contributed by atoms with Gasteiger partial charge in [0.05, 0.1) is 4.92 Å². The zero-order chi connectivity index (χ0) is 13.7. The third-order valence-electron chi connectivity index (χ3n) is 2.35. The van der Waals surface area contributed by atoms with Crippen LogP contribution in [0.1, 0.15) is 15.9 Å². The van der Waals surface area contributed by atoms with Crippen molar-refractivity contribution in [2.45, 2.75) is 6.92 Å². The van der Waals surface area contributed by atoms with Crippen LogP contribution in [0.2, 0.25) is 0 Å². The van der Waals surface area contributed by atoms with Gasteiger partial charge in [0.15, 0.2) is 0 Å². The van der Waals surface area contributed by atoms with Crippen LogP contribution < -0.4 is 10.6 Å². The second-order valence-corrected chi connectivity index (χ2v) is 3.74. The molecule has 0 atom stereocenters. The molecule has 0 bridgehead atoms. The van der Waals surface area contributed by atoms with Gasteiger partial charge < -0.3 is 10.6 Å². The normalized spacial score (nSPS) is 9.63. The molecule has 0 saturated heterocycles. The standard InChI is InChI=1S/C11H14FN3O3.ClH/c1-7-5-8(12)6-9(10(7)15(17)18)11(16)14-4-3-13-2;/h5-6,13H,3-4H2,1-2H3,(H,14,16);1H. The van der Waals surface area contributed by atoms with E-state index in [2.05, 4.69) is 10.6 Å². The predicted molar refractivity (Wildman–Crippen MR) is 71.3 cm³/mol. The monoisotopic (exact) mass is 291 g/mol. The molecule has 0 heterocycles. The first kappa shape index (κ1) is 17.3. The summed E-state index contributed by atoms with van der Waals surface area (Å²) in [7, 11) is 1.71. The van der Waals surface area contributed by atoms with E-state index >= 15 is 0 Å². The number of likely N-dealkylation sites (N-methyl/N-ethyl adjacent to an activating group) is 1. The molecule has 0 aliphatic carbocycles. The molecule has 1 rings (SSSR count). The number of halogens is 2. The number of hydrogen-bond donors (Lipinski definition) is 2. The van der Waals surface area contributed by atoms with Crippen molar-refractivity contribution in [3.63, 3.8) is 0 Å². The summed E-state index contributed by atoms with van der Waals surface area (Å²) in [5, 5.41) is 16.2. The van der Waals surface area contributed by atoms with Gasteiger partial charge in [0, 0.05) is 18.7 Å². The predicted octanol–water partition coefficient (Wildman–Crippen LogP) is 1.41. The number of nitrogens with zero attached hydrogens (tertiary/aromatic N) is 1. The van der Waals surface area contributed by atoms with Crippen LogP contribution in [-0.4, -0.2) is 31.0 Å². The van der Waals surface area contributed by atoms with Crippen LogP contribution in [0.25, 0.3) is 0 Å². The molecule has 1 aromatic rings. The number of nitrogens with one attached hydrogen (secondary N) is 2. The molecule has 6 nitrogen and oxygen atoms in total. The van der Waals surface area contributed by atoms with Gasteiger partial charge in [-0.2, -0.15) is 0 Å². The fraction of sp³-hybridized carbons (Fsp3) is 0.364. The molecule has 2 N–H and O–H groups in total. The molecule has 0 fully saturated rings. The molecule has 0 spiro atoms. The quantitative estimate of drug-likeness (QED) is 0.488. The average molecular weight is 292 g/mol. The zero-order valence-electron chi connectivity index (χ0n) is 10.5. The Kier molecular flexibility index (Phi) is 6.95. The number of nitro benzene ring substituents is 1. The highest BCUT2D eigenvalue weighted by Gasteiger charge is 2.23. The Morgan fingerprint density at radius 3 is 2.58 bits per heavy atom. The van der Waals surface area contributed by atoms with Gasteiger partial charge in [-0.15, -0.1) is 12.4 Å². The van der Waals surface area contributed by atoms with Crippen molar-refractivity contribution in [1.82, 2.24) is 10.6 Å². The van der Waals surface area contributed by atoms with Gasteiger partial charge in [-0.1, -0.05) is 0 Å². The molecule has 1 amide bonds. The van der Waals surface area contributed by atoms with E-state index in [1.54, 1.807) is 7.05 Å². The van der Waals surface area contributed by atoms with E-state index in [0.717, 1.165) is 12.1 Å². The summed E-state index contributed by atoms with van der Waals surface area (Å²) in [5.41, 5.74) is -0.495. The zero-order valence-corrected chi connectivity index (χ0v) is 11.3. The Morgan fingerprint density at radius 1 is 1.42 bits per heavy atom. The van der Waals surface area contributed by atoms with Gasteiger partial charge in [-0.3, -0.25) is 14.9 Å². The largest absolute Gasteiger partial charge is 0.351 e. The number of aryl methyl sites for hydroxylation is 1. The van der Waals surface area contributed by atoms with E-state index in [-0.39, 0.29) is 29.2 Å². The molecule has 19 heavy (non-hydrogen) atoms. The minimum atomic E-state index is -0.679. The molecular weight excluding hydrogens is 277 g/mol. The fourth-order valence-corrected chi connectivity index (χ4v) is 1.55. The summed E-state index contributed by atoms with van der Waals surface area (Å²) >= 11 is 0. The van der Waals surface area contributed by atoms with Crippen molar-refractivity contribution in [2.75, 3.05) is 20.1 Å². The molecular formula is C11H15ClFN3O3. The minimum absolute atomic E-state index is 0. The van der Waals surface area contributed by atoms with Crippen molar-refractivity contribution in [1.29, 1.82) is 0 Å². The van der Waals surface area contributed by atoms with Crippen LogP contribution in [0.3, 0.4) is 0 Å². The van der Waals surface area contributed by atoms with Crippen molar-refractivity contribution in [3.05, 3.63) is 39.2 Å². The Labute approximate surface area is 115 Å². The second-order valence-electron chi connectivity index (χ2n) is 3.74. The lowest BCUT2D eigenvalue weighted by molar-refractivity contribution is -0.385. The Morgan fingerprint density at radius 2 is 2.05 bits per heavy atom. The smallest absolute Gasteiger partial charge is 0.285 e. The Bertz CT molecular complexity index is 482. The molecule has 1 aromatic carbocycles.